The molecule has 0 radical (unpaired) electrons. The highest BCUT2D eigenvalue weighted by molar-refractivity contribution is 5.88. The van der Waals surface area contributed by atoms with E-state index in [-0.39, 0.29) is 6.03 Å². The largest absolute Gasteiger partial charge is 0.338 e. The Morgan fingerprint density at radius 1 is 1.32 bits per heavy atom. The van der Waals surface area contributed by atoms with Crippen LogP contribution in [0.15, 0.2) is 36.7 Å². The van der Waals surface area contributed by atoms with Crippen LogP contribution in [-0.2, 0) is 0 Å². The lowest BCUT2D eigenvalue weighted by molar-refractivity contribution is 0.252. The zero-order valence-electron chi connectivity index (χ0n) is 11.0. The SMILES string of the molecule is CCNC(=O)Nc1ccc(-c2cccnc2)c(C)n1. The van der Waals surface area contributed by atoms with Crippen molar-refractivity contribution in [3.05, 3.63) is 42.4 Å². The van der Waals surface area contributed by atoms with Crippen LogP contribution in [0.3, 0.4) is 0 Å². The highest BCUT2D eigenvalue weighted by Gasteiger charge is 2.06. The van der Waals surface area contributed by atoms with Gasteiger partial charge >= 0.3 is 6.03 Å². The molecule has 2 rings (SSSR count). The predicted octanol–water partition coefficient (Wildman–Crippen LogP) is 2.59. The fourth-order valence-corrected chi connectivity index (χ4v) is 1.78. The minimum Gasteiger partial charge on any atom is -0.338 e. The Kier molecular flexibility index (Phi) is 4.07. The van der Waals surface area contributed by atoms with Crippen LogP contribution in [0, 0.1) is 6.92 Å². The minimum absolute atomic E-state index is 0.247. The first-order valence-electron chi connectivity index (χ1n) is 6.13. The van der Waals surface area contributed by atoms with Gasteiger partial charge in [0.15, 0.2) is 0 Å². The molecule has 2 aromatic heterocycles. The van der Waals surface area contributed by atoms with E-state index in [2.05, 4.69) is 20.6 Å². The van der Waals surface area contributed by atoms with Crippen LogP contribution in [0.1, 0.15) is 12.6 Å². The first kappa shape index (κ1) is 13.0. The van der Waals surface area contributed by atoms with Crippen molar-refractivity contribution < 1.29 is 4.79 Å². The number of hydrogen-bond acceptors (Lipinski definition) is 3. The third kappa shape index (κ3) is 3.28. The van der Waals surface area contributed by atoms with Gasteiger partial charge in [-0.3, -0.25) is 10.3 Å². The third-order valence-electron chi connectivity index (χ3n) is 2.64. The second-order valence-electron chi connectivity index (χ2n) is 4.06. The maximum atomic E-state index is 11.4. The molecular formula is C14H16N4O. The minimum atomic E-state index is -0.247. The van der Waals surface area contributed by atoms with Gasteiger partial charge in [0.25, 0.3) is 0 Å². The number of carbonyl (C=O) groups excluding carboxylic acids is 1. The van der Waals surface area contributed by atoms with Gasteiger partial charge in [-0.05, 0) is 32.0 Å². The van der Waals surface area contributed by atoms with Gasteiger partial charge in [0.1, 0.15) is 5.82 Å². The number of amides is 2. The van der Waals surface area contributed by atoms with Crippen molar-refractivity contribution in [3.8, 4) is 11.1 Å². The molecule has 5 nitrogen and oxygen atoms in total. The molecule has 0 unspecified atom stereocenters. The van der Waals surface area contributed by atoms with Gasteiger partial charge in [-0.15, -0.1) is 0 Å². The summed E-state index contributed by atoms with van der Waals surface area (Å²) in [5.41, 5.74) is 2.87. The fourth-order valence-electron chi connectivity index (χ4n) is 1.78. The van der Waals surface area contributed by atoms with Crippen LogP contribution in [0.25, 0.3) is 11.1 Å². The van der Waals surface area contributed by atoms with Crippen molar-refractivity contribution in [2.45, 2.75) is 13.8 Å². The number of aromatic nitrogens is 2. The van der Waals surface area contributed by atoms with E-state index >= 15 is 0 Å². The Balaban J connectivity index is 2.20. The van der Waals surface area contributed by atoms with Crippen LogP contribution in [0.4, 0.5) is 10.6 Å². The molecule has 0 bridgehead atoms. The lowest BCUT2D eigenvalue weighted by Gasteiger charge is -2.09. The summed E-state index contributed by atoms with van der Waals surface area (Å²) in [5.74, 6) is 0.538. The van der Waals surface area contributed by atoms with Gasteiger partial charge in [0.05, 0.1) is 0 Å². The Labute approximate surface area is 112 Å². The Morgan fingerprint density at radius 2 is 2.16 bits per heavy atom. The van der Waals surface area contributed by atoms with Crippen molar-refractivity contribution in [1.29, 1.82) is 0 Å². The number of rotatable bonds is 3. The van der Waals surface area contributed by atoms with E-state index in [0.29, 0.717) is 12.4 Å². The van der Waals surface area contributed by atoms with Crippen LogP contribution in [-0.4, -0.2) is 22.5 Å². The van der Waals surface area contributed by atoms with Crippen molar-refractivity contribution >= 4 is 11.8 Å². The fraction of sp³-hybridized carbons (Fsp3) is 0.214. The molecule has 2 amide bonds. The molecule has 2 N–H and O–H groups in total. The van der Waals surface area contributed by atoms with Gasteiger partial charge in [0, 0.05) is 35.8 Å². The highest BCUT2D eigenvalue weighted by Crippen LogP contribution is 2.22. The molecule has 0 aromatic carbocycles. The smallest absolute Gasteiger partial charge is 0.320 e. The Hall–Kier alpha value is -2.43. The lowest BCUT2D eigenvalue weighted by Crippen LogP contribution is -2.28. The highest BCUT2D eigenvalue weighted by atomic mass is 16.2. The molecule has 0 aliphatic rings. The number of carbonyl (C=O) groups is 1. The summed E-state index contributed by atoms with van der Waals surface area (Å²) in [6.07, 6.45) is 3.53. The number of anilines is 1. The number of aryl methyl sites for hydroxylation is 1. The lowest BCUT2D eigenvalue weighted by atomic mass is 10.1. The number of pyridine rings is 2. The monoisotopic (exact) mass is 256 g/mol. The van der Waals surface area contributed by atoms with Crippen molar-refractivity contribution in [3.63, 3.8) is 0 Å². The van der Waals surface area contributed by atoms with Gasteiger partial charge in [-0.2, -0.15) is 0 Å². The van der Waals surface area contributed by atoms with E-state index in [1.54, 1.807) is 18.5 Å². The van der Waals surface area contributed by atoms with Gasteiger partial charge in [-0.25, -0.2) is 9.78 Å². The molecule has 0 saturated heterocycles. The molecule has 0 saturated carbocycles. The van der Waals surface area contributed by atoms with E-state index in [1.807, 2.05) is 32.0 Å². The normalized spacial score (nSPS) is 10.0. The van der Waals surface area contributed by atoms with Gasteiger partial charge in [-0.1, -0.05) is 6.07 Å². The summed E-state index contributed by atoms with van der Waals surface area (Å²) in [7, 11) is 0. The second kappa shape index (κ2) is 5.95. The molecule has 0 atom stereocenters. The molecule has 0 aliphatic carbocycles. The molecule has 2 heterocycles. The van der Waals surface area contributed by atoms with Crippen molar-refractivity contribution in [2.24, 2.45) is 0 Å². The van der Waals surface area contributed by atoms with Crippen molar-refractivity contribution in [1.82, 2.24) is 15.3 Å². The van der Waals surface area contributed by atoms with Gasteiger partial charge < -0.3 is 5.32 Å². The van der Waals surface area contributed by atoms with Crippen LogP contribution in [0.5, 0.6) is 0 Å². The first-order valence-corrected chi connectivity index (χ1v) is 6.13. The van der Waals surface area contributed by atoms with Crippen molar-refractivity contribution in [2.75, 3.05) is 11.9 Å². The number of hydrogen-bond donors (Lipinski definition) is 2. The van der Waals surface area contributed by atoms with E-state index in [4.69, 9.17) is 0 Å². The number of nitrogens with zero attached hydrogens (tertiary/aromatic N) is 2. The summed E-state index contributed by atoms with van der Waals surface area (Å²) < 4.78 is 0. The molecule has 2 aromatic rings. The summed E-state index contributed by atoms with van der Waals surface area (Å²) in [4.78, 5) is 19.9. The summed E-state index contributed by atoms with van der Waals surface area (Å²) in [6, 6.07) is 7.33. The van der Waals surface area contributed by atoms with E-state index < -0.39 is 0 Å². The molecule has 98 valence electrons. The molecule has 5 heteroatoms. The van der Waals surface area contributed by atoms with Crippen LogP contribution < -0.4 is 10.6 Å². The van der Waals surface area contributed by atoms with Crippen LogP contribution >= 0.6 is 0 Å². The first-order chi connectivity index (χ1) is 9.20. The zero-order valence-corrected chi connectivity index (χ0v) is 11.0. The van der Waals surface area contributed by atoms with E-state index in [0.717, 1.165) is 16.8 Å². The summed E-state index contributed by atoms with van der Waals surface area (Å²) >= 11 is 0. The maximum absolute atomic E-state index is 11.4. The predicted molar refractivity (Wildman–Crippen MR) is 74.9 cm³/mol. The molecule has 0 fully saturated rings. The average Bonchev–Trinajstić information content (AvgIpc) is 2.40. The molecule has 0 aliphatic heterocycles. The van der Waals surface area contributed by atoms with Gasteiger partial charge in [0.2, 0.25) is 0 Å². The molecule has 0 spiro atoms. The van der Waals surface area contributed by atoms with Crippen LogP contribution in [0.2, 0.25) is 0 Å². The van der Waals surface area contributed by atoms with E-state index in [1.165, 1.54) is 0 Å². The topological polar surface area (TPSA) is 66.9 Å². The average molecular weight is 256 g/mol. The number of nitrogens with one attached hydrogen (secondary N) is 2. The number of urea groups is 1. The standard InChI is InChI=1S/C14H16N4O/c1-3-16-14(19)18-13-7-6-12(10(2)17-13)11-5-4-8-15-9-11/h4-9H,3H2,1-2H3,(H2,16,17,18,19). The zero-order chi connectivity index (χ0) is 13.7. The second-order valence-corrected chi connectivity index (χ2v) is 4.06. The quantitative estimate of drug-likeness (QED) is 0.887. The summed E-state index contributed by atoms with van der Waals surface area (Å²) in [5, 5.41) is 5.35. The Morgan fingerprint density at radius 3 is 2.79 bits per heavy atom. The molecular weight excluding hydrogens is 240 g/mol. The van der Waals surface area contributed by atoms with E-state index in [9.17, 15) is 4.79 Å². The summed E-state index contributed by atoms with van der Waals surface area (Å²) in [6.45, 7) is 4.35. The third-order valence-corrected chi connectivity index (χ3v) is 2.64. The maximum Gasteiger partial charge on any atom is 0.320 e. The Bertz CT molecular complexity index is 569. The molecule has 19 heavy (non-hydrogen) atoms.